The molecule has 5 nitrogen and oxygen atoms in total. The molecule has 1 aromatic carbocycles. The van der Waals surface area contributed by atoms with Gasteiger partial charge in [-0.3, -0.25) is 0 Å². The lowest BCUT2D eigenvalue weighted by atomic mass is 10.0. The number of phenolic OH excluding ortho intramolecular Hbond substituents is 1. The molecule has 1 aliphatic rings. The van der Waals surface area contributed by atoms with Gasteiger partial charge in [0, 0.05) is 6.20 Å². The van der Waals surface area contributed by atoms with E-state index in [1.807, 2.05) is 0 Å². The molecule has 0 saturated heterocycles. The topological polar surface area (TPSA) is 78.8 Å². The van der Waals surface area contributed by atoms with Gasteiger partial charge in [-0.25, -0.2) is 4.79 Å². The fraction of sp³-hybridized carbons (Fsp3) is 0.100. The van der Waals surface area contributed by atoms with Crippen molar-refractivity contribution < 1.29 is 19.7 Å². The van der Waals surface area contributed by atoms with Crippen molar-refractivity contribution in [2.75, 3.05) is 0 Å². The number of phenols is 1. The molecule has 0 aromatic heterocycles. The average Bonchev–Trinajstić information content (AvgIpc) is 2.68. The summed E-state index contributed by atoms with van der Waals surface area (Å²) in [4.78, 5) is 11.1. The Kier molecular flexibility index (Phi) is 2.00. The molecule has 1 heterocycles. The molecular weight excluding hydrogens is 198 g/mol. The molecule has 3 N–H and O–H groups in total. The van der Waals surface area contributed by atoms with Gasteiger partial charge in [0.05, 0.1) is 5.56 Å². The van der Waals surface area contributed by atoms with Crippen LogP contribution in [0.5, 0.6) is 5.75 Å². The van der Waals surface area contributed by atoms with E-state index in [0.717, 1.165) is 0 Å². The zero-order valence-electron chi connectivity index (χ0n) is 7.68. The summed E-state index contributed by atoms with van der Waals surface area (Å²) in [7, 11) is 0. The van der Waals surface area contributed by atoms with Gasteiger partial charge in [0.15, 0.2) is 0 Å². The number of carboxylic acids is 1. The number of hydrogen-bond acceptors (Lipinski definition) is 4. The van der Waals surface area contributed by atoms with Gasteiger partial charge in [-0.1, -0.05) is 12.1 Å². The van der Waals surface area contributed by atoms with Crippen molar-refractivity contribution in [2.45, 2.75) is 5.72 Å². The first-order valence-corrected chi connectivity index (χ1v) is 4.29. The van der Waals surface area contributed by atoms with Crippen molar-refractivity contribution in [3.05, 3.63) is 42.3 Å². The fourth-order valence-electron chi connectivity index (χ4n) is 1.46. The Hall–Kier alpha value is -2.17. The van der Waals surface area contributed by atoms with E-state index in [4.69, 9.17) is 9.84 Å². The van der Waals surface area contributed by atoms with Crippen LogP contribution in [0.15, 0.2) is 36.7 Å². The molecule has 0 aliphatic carbocycles. The van der Waals surface area contributed by atoms with Crippen molar-refractivity contribution in [2.24, 2.45) is 0 Å². The first-order chi connectivity index (χ1) is 7.17. The van der Waals surface area contributed by atoms with Crippen LogP contribution in [0.2, 0.25) is 0 Å². The van der Waals surface area contributed by atoms with Crippen LogP contribution in [-0.4, -0.2) is 16.2 Å². The molecule has 15 heavy (non-hydrogen) atoms. The van der Waals surface area contributed by atoms with Crippen LogP contribution in [0.25, 0.3) is 0 Å². The smallest absolute Gasteiger partial charge is 0.375 e. The van der Waals surface area contributed by atoms with Crippen molar-refractivity contribution in [1.82, 2.24) is 5.32 Å². The van der Waals surface area contributed by atoms with Gasteiger partial charge in [0.25, 0.3) is 0 Å². The molecule has 1 unspecified atom stereocenters. The Morgan fingerprint density at radius 1 is 1.40 bits per heavy atom. The molecule has 0 saturated carbocycles. The van der Waals surface area contributed by atoms with Crippen molar-refractivity contribution in [3.63, 3.8) is 0 Å². The molecule has 0 radical (unpaired) electrons. The van der Waals surface area contributed by atoms with E-state index >= 15 is 0 Å². The summed E-state index contributed by atoms with van der Waals surface area (Å²) in [5, 5.41) is 21.2. The number of aromatic hydroxyl groups is 1. The maximum Gasteiger partial charge on any atom is 0.375 e. The molecule has 0 spiro atoms. The van der Waals surface area contributed by atoms with E-state index in [1.54, 1.807) is 12.1 Å². The Morgan fingerprint density at radius 3 is 2.67 bits per heavy atom. The van der Waals surface area contributed by atoms with Gasteiger partial charge in [-0.15, -0.1) is 0 Å². The van der Waals surface area contributed by atoms with Crippen LogP contribution in [0.3, 0.4) is 0 Å². The summed E-state index contributed by atoms with van der Waals surface area (Å²) < 4.78 is 5.02. The minimum absolute atomic E-state index is 0.129. The number of ether oxygens (including phenoxy) is 1. The van der Waals surface area contributed by atoms with Gasteiger partial charge in [-0.05, 0) is 12.1 Å². The fourth-order valence-corrected chi connectivity index (χ4v) is 1.46. The zero-order valence-corrected chi connectivity index (χ0v) is 7.68. The lowest BCUT2D eigenvalue weighted by Crippen LogP contribution is -2.45. The number of carboxylic acid groups (broad SMARTS) is 1. The monoisotopic (exact) mass is 207 g/mol. The molecule has 1 aliphatic heterocycles. The van der Waals surface area contributed by atoms with E-state index in [2.05, 4.69) is 5.32 Å². The number of carbonyl (C=O) groups is 1. The predicted molar refractivity (Wildman–Crippen MR) is 50.8 cm³/mol. The molecular formula is C10H9NO4. The molecule has 5 heteroatoms. The highest BCUT2D eigenvalue weighted by atomic mass is 16.5. The zero-order chi connectivity index (χ0) is 10.9. The molecule has 0 amide bonds. The van der Waals surface area contributed by atoms with Crippen LogP contribution in [0, 0.1) is 0 Å². The number of nitrogens with one attached hydrogen (secondary N) is 1. The highest BCUT2D eigenvalue weighted by Crippen LogP contribution is 2.33. The molecule has 0 fully saturated rings. The lowest BCUT2D eigenvalue weighted by molar-refractivity contribution is -0.161. The molecule has 2 rings (SSSR count). The van der Waals surface area contributed by atoms with Crippen LogP contribution >= 0.6 is 0 Å². The van der Waals surface area contributed by atoms with Gasteiger partial charge in [0.1, 0.15) is 12.0 Å². The number of para-hydroxylation sites is 1. The number of aliphatic carboxylic acids is 1. The second-order valence-electron chi connectivity index (χ2n) is 3.07. The quantitative estimate of drug-likeness (QED) is 0.666. The molecule has 1 aromatic rings. The van der Waals surface area contributed by atoms with Crippen molar-refractivity contribution >= 4 is 5.97 Å². The second kappa shape index (κ2) is 3.20. The molecule has 1 atom stereocenters. The van der Waals surface area contributed by atoms with E-state index in [1.165, 1.54) is 24.6 Å². The van der Waals surface area contributed by atoms with E-state index < -0.39 is 11.7 Å². The van der Waals surface area contributed by atoms with E-state index in [9.17, 15) is 9.90 Å². The highest BCUT2D eigenvalue weighted by Gasteiger charge is 2.45. The average molecular weight is 207 g/mol. The maximum atomic E-state index is 11.1. The highest BCUT2D eigenvalue weighted by molar-refractivity contribution is 5.80. The maximum absolute atomic E-state index is 11.1. The third kappa shape index (κ3) is 1.28. The number of benzene rings is 1. The standard InChI is InChI=1S/C10H9NO4/c12-8-4-2-1-3-7(8)10(9(13)14)11-5-6-15-10/h1-6,11-12H,(H,13,14). The van der Waals surface area contributed by atoms with Crippen LogP contribution in [0.4, 0.5) is 0 Å². The summed E-state index contributed by atoms with van der Waals surface area (Å²) in [6, 6.07) is 6.13. The Labute approximate surface area is 85.6 Å². The van der Waals surface area contributed by atoms with E-state index in [-0.39, 0.29) is 11.3 Å². The van der Waals surface area contributed by atoms with Gasteiger partial charge < -0.3 is 20.3 Å². The van der Waals surface area contributed by atoms with Gasteiger partial charge in [-0.2, -0.15) is 0 Å². The summed E-state index contributed by atoms with van der Waals surface area (Å²) in [5.74, 6) is -1.34. The molecule has 78 valence electrons. The van der Waals surface area contributed by atoms with Crippen LogP contribution in [0.1, 0.15) is 5.56 Å². The number of hydrogen-bond donors (Lipinski definition) is 3. The summed E-state index contributed by atoms with van der Waals surface area (Å²) in [6.45, 7) is 0. The first-order valence-electron chi connectivity index (χ1n) is 4.29. The predicted octanol–water partition coefficient (Wildman–Crippen LogP) is 0.721. The minimum atomic E-state index is -1.72. The Bertz CT molecular complexity index is 419. The third-order valence-corrected chi connectivity index (χ3v) is 2.18. The van der Waals surface area contributed by atoms with Gasteiger partial charge >= 0.3 is 11.7 Å². The van der Waals surface area contributed by atoms with E-state index in [0.29, 0.717) is 0 Å². The Balaban J connectivity index is 2.51. The normalized spacial score (nSPS) is 23.2. The van der Waals surface area contributed by atoms with Gasteiger partial charge in [0.2, 0.25) is 0 Å². The number of rotatable bonds is 2. The van der Waals surface area contributed by atoms with Crippen LogP contribution < -0.4 is 5.32 Å². The third-order valence-electron chi connectivity index (χ3n) is 2.18. The second-order valence-corrected chi connectivity index (χ2v) is 3.07. The first kappa shape index (κ1) is 9.39. The van der Waals surface area contributed by atoms with Crippen molar-refractivity contribution in [3.8, 4) is 5.75 Å². The Morgan fingerprint density at radius 2 is 2.13 bits per heavy atom. The SMILES string of the molecule is O=C(O)C1(c2ccccc2O)NC=CO1. The summed E-state index contributed by atoms with van der Waals surface area (Å²) >= 11 is 0. The summed E-state index contributed by atoms with van der Waals surface area (Å²) in [6.07, 6.45) is 2.61. The van der Waals surface area contributed by atoms with Crippen molar-refractivity contribution in [1.29, 1.82) is 0 Å². The minimum Gasteiger partial charge on any atom is -0.507 e. The largest absolute Gasteiger partial charge is 0.507 e. The molecule has 0 bridgehead atoms. The van der Waals surface area contributed by atoms with Crippen LogP contribution in [-0.2, 0) is 15.3 Å². The lowest BCUT2D eigenvalue weighted by Gasteiger charge is -2.25. The summed E-state index contributed by atoms with van der Waals surface area (Å²) in [5.41, 5.74) is -1.55.